The number of nitrogens with zero attached hydrogens (tertiary/aromatic N) is 1. The maximum Gasteiger partial charge on any atom is 0.149 e. The molecule has 0 atom stereocenters. The van der Waals surface area contributed by atoms with Crippen LogP contribution in [-0.2, 0) is 0 Å². The van der Waals surface area contributed by atoms with Crippen LogP contribution < -0.4 is 5.73 Å². The Labute approximate surface area is 103 Å². The summed E-state index contributed by atoms with van der Waals surface area (Å²) in [6.07, 6.45) is 3.73. The number of aromatic nitrogens is 2. The molecule has 3 N–H and O–H groups in total. The minimum absolute atomic E-state index is 0.578. The van der Waals surface area contributed by atoms with E-state index in [4.69, 9.17) is 17.3 Å². The zero-order valence-corrected chi connectivity index (χ0v) is 10.2. The van der Waals surface area contributed by atoms with E-state index in [2.05, 4.69) is 10.2 Å². The first-order valence-corrected chi connectivity index (χ1v) is 6.54. The van der Waals surface area contributed by atoms with E-state index in [-0.39, 0.29) is 0 Å². The number of halogens is 1. The Hall–Kier alpha value is -1.000. The molecule has 3 nitrogen and oxygen atoms in total. The summed E-state index contributed by atoms with van der Waals surface area (Å²) in [5, 5.41) is 7.15. The number of hydrogen-bond donors (Lipinski definition) is 2. The predicted octanol–water partition coefficient (Wildman–Crippen LogP) is 3.64. The largest absolute Gasteiger partial charge is 0.382 e. The van der Waals surface area contributed by atoms with Gasteiger partial charge in [0.1, 0.15) is 5.82 Å². The normalized spacial score (nSPS) is 16.3. The predicted molar refractivity (Wildman–Crippen MR) is 67.9 cm³/mol. The first-order valence-electron chi connectivity index (χ1n) is 5.35. The zero-order chi connectivity index (χ0) is 11.1. The van der Waals surface area contributed by atoms with Crippen LogP contribution in [0.15, 0.2) is 12.1 Å². The van der Waals surface area contributed by atoms with Gasteiger partial charge in [-0.05, 0) is 30.9 Å². The maximum atomic E-state index is 5.95. The van der Waals surface area contributed by atoms with Crippen molar-refractivity contribution in [1.82, 2.24) is 10.2 Å². The van der Waals surface area contributed by atoms with Crippen molar-refractivity contribution in [3.05, 3.63) is 22.0 Å². The molecule has 0 unspecified atom stereocenters. The van der Waals surface area contributed by atoms with Gasteiger partial charge in [0.2, 0.25) is 0 Å². The fourth-order valence-electron chi connectivity index (χ4n) is 2.11. The second-order valence-corrected chi connectivity index (χ2v) is 5.84. The van der Waals surface area contributed by atoms with Crippen molar-refractivity contribution in [2.45, 2.75) is 25.2 Å². The number of nitrogens with one attached hydrogen (secondary N) is 1. The highest BCUT2D eigenvalue weighted by molar-refractivity contribution is 7.19. The molecule has 3 rings (SSSR count). The summed E-state index contributed by atoms with van der Waals surface area (Å²) >= 11 is 7.51. The summed E-state index contributed by atoms with van der Waals surface area (Å²) in [5.41, 5.74) is 8.16. The molecule has 0 bridgehead atoms. The average Bonchev–Trinajstić information content (AvgIpc) is 2.72. The lowest BCUT2D eigenvalue weighted by molar-refractivity contribution is 0.422. The number of nitrogens with two attached hydrogens (primary N) is 1. The number of anilines is 1. The van der Waals surface area contributed by atoms with Crippen LogP contribution in [0.25, 0.3) is 10.6 Å². The molecule has 0 aromatic carbocycles. The molecule has 5 heteroatoms. The standard InChI is InChI=1S/C11H12ClN3S/c12-8-5-4-7(16-8)10-9(6-2-1-3-6)11(13)15-14-10/h4-6H,1-3H2,(H3,13,14,15). The molecule has 0 radical (unpaired) electrons. The van der Waals surface area contributed by atoms with Crippen molar-refractivity contribution < 1.29 is 0 Å². The highest BCUT2D eigenvalue weighted by Gasteiger charge is 2.27. The van der Waals surface area contributed by atoms with E-state index in [1.165, 1.54) is 24.8 Å². The number of aromatic amines is 1. The van der Waals surface area contributed by atoms with Gasteiger partial charge in [0.25, 0.3) is 0 Å². The lowest BCUT2D eigenvalue weighted by Gasteiger charge is -2.25. The summed E-state index contributed by atoms with van der Waals surface area (Å²) in [7, 11) is 0. The summed E-state index contributed by atoms with van der Waals surface area (Å²) in [6, 6.07) is 3.92. The van der Waals surface area contributed by atoms with Crippen LogP contribution in [0.3, 0.4) is 0 Å². The van der Waals surface area contributed by atoms with E-state index in [1.54, 1.807) is 11.3 Å². The van der Waals surface area contributed by atoms with Gasteiger partial charge in [-0.25, -0.2) is 0 Å². The average molecular weight is 254 g/mol. The van der Waals surface area contributed by atoms with Gasteiger partial charge in [-0.1, -0.05) is 18.0 Å². The van der Waals surface area contributed by atoms with Crippen LogP contribution in [0, 0.1) is 0 Å². The summed E-state index contributed by atoms with van der Waals surface area (Å²) in [5.74, 6) is 1.22. The van der Waals surface area contributed by atoms with Gasteiger partial charge in [-0.3, -0.25) is 5.10 Å². The molecule has 2 aromatic heterocycles. The fraction of sp³-hybridized carbons (Fsp3) is 0.364. The third kappa shape index (κ3) is 1.53. The first kappa shape index (κ1) is 10.2. The lowest BCUT2D eigenvalue weighted by atomic mass is 9.79. The molecule has 0 aliphatic heterocycles. The molecular formula is C11H12ClN3S. The topological polar surface area (TPSA) is 54.7 Å². The monoisotopic (exact) mass is 253 g/mol. The van der Waals surface area contributed by atoms with Crippen molar-refractivity contribution >= 4 is 28.8 Å². The minimum Gasteiger partial charge on any atom is -0.382 e. The molecule has 1 aliphatic carbocycles. The SMILES string of the molecule is Nc1n[nH]c(-c2ccc(Cl)s2)c1C1CCC1. The summed E-state index contributed by atoms with van der Waals surface area (Å²) in [4.78, 5) is 1.12. The fourth-order valence-corrected chi connectivity index (χ4v) is 3.16. The second-order valence-electron chi connectivity index (χ2n) is 4.13. The summed E-state index contributed by atoms with van der Waals surface area (Å²) < 4.78 is 0.794. The highest BCUT2D eigenvalue weighted by atomic mass is 35.5. The van der Waals surface area contributed by atoms with Gasteiger partial charge in [0.05, 0.1) is 14.9 Å². The van der Waals surface area contributed by atoms with E-state index < -0.39 is 0 Å². The van der Waals surface area contributed by atoms with E-state index in [1.807, 2.05) is 12.1 Å². The number of nitrogen functional groups attached to an aromatic ring is 1. The molecule has 16 heavy (non-hydrogen) atoms. The van der Waals surface area contributed by atoms with Crippen LogP contribution in [-0.4, -0.2) is 10.2 Å². The number of rotatable bonds is 2. The Morgan fingerprint density at radius 2 is 2.25 bits per heavy atom. The van der Waals surface area contributed by atoms with Gasteiger partial charge in [0, 0.05) is 5.56 Å². The Kier molecular flexibility index (Phi) is 2.41. The molecule has 1 fully saturated rings. The van der Waals surface area contributed by atoms with Crippen LogP contribution in [0.4, 0.5) is 5.82 Å². The van der Waals surface area contributed by atoms with Crippen molar-refractivity contribution in [3.8, 4) is 10.6 Å². The molecule has 0 spiro atoms. The minimum atomic E-state index is 0.578. The molecule has 2 aromatic rings. The van der Waals surface area contributed by atoms with Crippen LogP contribution in [0.5, 0.6) is 0 Å². The highest BCUT2D eigenvalue weighted by Crippen LogP contribution is 2.44. The van der Waals surface area contributed by atoms with E-state index in [0.29, 0.717) is 11.7 Å². The van der Waals surface area contributed by atoms with Crippen LogP contribution >= 0.6 is 22.9 Å². The summed E-state index contributed by atoms with van der Waals surface area (Å²) in [6.45, 7) is 0. The number of hydrogen-bond acceptors (Lipinski definition) is 3. The van der Waals surface area contributed by atoms with Gasteiger partial charge >= 0.3 is 0 Å². The number of H-pyrrole nitrogens is 1. The number of thiophene rings is 1. The molecule has 1 aliphatic rings. The van der Waals surface area contributed by atoms with Gasteiger partial charge in [0.15, 0.2) is 0 Å². The third-order valence-electron chi connectivity index (χ3n) is 3.17. The van der Waals surface area contributed by atoms with Crippen molar-refractivity contribution in [3.63, 3.8) is 0 Å². The Morgan fingerprint density at radius 1 is 1.44 bits per heavy atom. The molecule has 2 heterocycles. The second kappa shape index (κ2) is 3.79. The van der Waals surface area contributed by atoms with E-state index >= 15 is 0 Å². The molecule has 0 saturated heterocycles. The van der Waals surface area contributed by atoms with Gasteiger partial charge < -0.3 is 5.73 Å². The van der Waals surface area contributed by atoms with Crippen LogP contribution in [0.1, 0.15) is 30.7 Å². The molecular weight excluding hydrogens is 242 g/mol. The van der Waals surface area contributed by atoms with Crippen molar-refractivity contribution in [2.75, 3.05) is 5.73 Å². The maximum absolute atomic E-state index is 5.95. The van der Waals surface area contributed by atoms with Gasteiger partial charge in [-0.2, -0.15) is 5.10 Å². The van der Waals surface area contributed by atoms with Gasteiger partial charge in [-0.15, -0.1) is 11.3 Å². The molecule has 1 saturated carbocycles. The Bertz CT molecular complexity index is 513. The van der Waals surface area contributed by atoms with Crippen molar-refractivity contribution in [2.24, 2.45) is 0 Å². The molecule has 84 valence electrons. The van der Waals surface area contributed by atoms with E-state index in [0.717, 1.165) is 14.9 Å². The van der Waals surface area contributed by atoms with Crippen LogP contribution in [0.2, 0.25) is 4.34 Å². The Morgan fingerprint density at radius 3 is 2.81 bits per heavy atom. The smallest absolute Gasteiger partial charge is 0.149 e. The lowest BCUT2D eigenvalue weighted by Crippen LogP contribution is -2.10. The quantitative estimate of drug-likeness (QED) is 0.859. The molecule has 0 amide bonds. The first-order chi connectivity index (χ1) is 7.75. The van der Waals surface area contributed by atoms with Crippen molar-refractivity contribution in [1.29, 1.82) is 0 Å². The third-order valence-corrected chi connectivity index (χ3v) is 4.42. The van der Waals surface area contributed by atoms with E-state index in [9.17, 15) is 0 Å². The Balaban J connectivity index is 2.06. The zero-order valence-electron chi connectivity index (χ0n) is 8.66.